The maximum atomic E-state index is 11.3. The van der Waals surface area contributed by atoms with Crippen molar-refractivity contribution in [2.45, 2.75) is 82.6 Å². The summed E-state index contributed by atoms with van der Waals surface area (Å²) in [5.41, 5.74) is 0. The lowest BCUT2D eigenvalue weighted by Crippen LogP contribution is -2.42. The first-order chi connectivity index (χ1) is 15.8. The average Bonchev–Trinajstić information content (AvgIpc) is 2.74. The third kappa shape index (κ3) is 18.9. The molecule has 0 saturated heterocycles. The normalized spacial score (nSPS) is 14.9. The molecule has 33 heavy (non-hydrogen) atoms. The van der Waals surface area contributed by atoms with Gasteiger partial charge in [-0.1, -0.05) is 68.4 Å². The van der Waals surface area contributed by atoms with E-state index < -0.39 is 35.2 Å². The Balaban J connectivity index is 4.78. The standard InChI is InChI=1S/C25H39NO6S/c1-3-4-5-6-7-8-9-10-11-12-13-14-17-23(22(28)16-15-18-24(29)30)33-19-21(25(31)32)26-20(2)27/h7-8,10-14,17,21-23,28H,3-6,9,15-16,18-19H2,1-2H3,(H,26,27)(H,29,30)(H,31,32)/b8-7-,11-10-,13-12+,17-14+/t21-,22-,23+/m0/s1. The van der Waals surface area contributed by atoms with Crippen molar-refractivity contribution in [1.29, 1.82) is 0 Å². The topological polar surface area (TPSA) is 124 Å². The molecule has 3 atom stereocenters. The maximum absolute atomic E-state index is 11.3. The van der Waals surface area contributed by atoms with E-state index in [2.05, 4.69) is 24.4 Å². The molecule has 186 valence electrons. The van der Waals surface area contributed by atoms with E-state index in [1.165, 1.54) is 37.9 Å². The first kappa shape index (κ1) is 30.7. The van der Waals surface area contributed by atoms with E-state index in [0.29, 0.717) is 6.42 Å². The van der Waals surface area contributed by atoms with E-state index in [-0.39, 0.29) is 18.6 Å². The van der Waals surface area contributed by atoms with Crippen LogP contribution in [0.15, 0.2) is 48.6 Å². The van der Waals surface area contributed by atoms with Crippen LogP contribution in [0.1, 0.15) is 65.2 Å². The molecule has 0 aliphatic heterocycles. The van der Waals surface area contributed by atoms with E-state index in [1.807, 2.05) is 24.3 Å². The highest BCUT2D eigenvalue weighted by atomic mass is 32.2. The quantitative estimate of drug-likeness (QED) is 0.122. The van der Waals surface area contributed by atoms with Crippen molar-refractivity contribution < 1.29 is 29.7 Å². The second-order valence-corrected chi connectivity index (χ2v) is 8.85. The number of allylic oxidation sites excluding steroid dienone is 7. The van der Waals surface area contributed by atoms with Gasteiger partial charge in [0.25, 0.3) is 0 Å². The summed E-state index contributed by atoms with van der Waals surface area (Å²) in [5.74, 6) is -2.44. The van der Waals surface area contributed by atoms with E-state index in [1.54, 1.807) is 12.2 Å². The molecule has 0 saturated carbocycles. The lowest BCUT2D eigenvalue weighted by atomic mass is 10.1. The molecule has 8 heteroatoms. The van der Waals surface area contributed by atoms with Crippen molar-refractivity contribution >= 4 is 29.6 Å². The molecule has 0 aromatic carbocycles. The zero-order valence-corrected chi connectivity index (χ0v) is 20.5. The number of thioether (sulfide) groups is 1. The number of unbranched alkanes of at least 4 members (excludes halogenated alkanes) is 3. The van der Waals surface area contributed by atoms with Gasteiger partial charge in [0, 0.05) is 24.3 Å². The van der Waals surface area contributed by atoms with E-state index in [4.69, 9.17) is 5.11 Å². The number of hydrogen-bond acceptors (Lipinski definition) is 5. The third-order valence-corrected chi connectivity index (χ3v) is 5.97. The number of carboxylic acid groups (broad SMARTS) is 2. The largest absolute Gasteiger partial charge is 0.481 e. The first-order valence-corrected chi connectivity index (χ1v) is 12.5. The van der Waals surface area contributed by atoms with Crippen molar-refractivity contribution in [2.24, 2.45) is 0 Å². The zero-order chi connectivity index (χ0) is 24.9. The number of hydrogen-bond donors (Lipinski definition) is 4. The molecule has 0 aromatic rings. The fourth-order valence-electron chi connectivity index (χ4n) is 2.81. The van der Waals surface area contributed by atoms with Crippen LogP contribution in [0.2, 0.25) is 0 Å². The van der Waals surface area contributed by atoms with Gasteiger partial charge in [-0.3, -0.25) is 9.59 Å². The van der Waals surface area contributed by atoms with Crippen LogP contribution in [0.3, 0.4) is 0 Å². The molecule has 0 radical (unpaired) electrons. The highest BCUT2D eigenvalue weighted by Gasteiger charge is 2.23. The minimum absolute atomic E-state index is 0.0421. The van der Waals surface area contributed by atoms with Crippen LogP contribution < -0.4 is 5.32 Å². The highest BCUT2D eigenvalue weighted by Crippen LogP contribution is 2.21. The molecule has 0 rings (SSSR count). The van der Waals surface area contributed by atoms with Gasteiger partial charge < -0.3 is 20.6 Å². The Morgan fingerprint density at radius 2 is 1.70 bits per heavy atom. The predicted molar refractivity (Wildman–Crippen MR) is 134 cm³/mol. The van der Waals surface area contributed by atoms with Crippen molar-refractivity contribution in [2.75, 3.05) is 5.75 Å². The number of aliphatic hydroxyl groups is 1. The molecular formula is C25H39NO6S. The van der Waals surface area contributed by atoms with Gasteiger partial charge in [0.15, 0.2) is 0 Å². The fourth-order valence-corrected chi connectivity index (χ4v) is 4.01. The molecular weight excluding hydrogens is 442 g/mol. The number of carbonyl (C=O) groups excluding carboxylic acids is 1. The molecule has 0 aliphatic carbocycles. The first-order valence-electron chi connectivity index (χ1n) is 11.4. The minimum Gasteiger partial charge on any atom is -0.481 e. The van der Waals surface area contributed by atoms with Crippen LogP contribution in [0.4, 0.5) is 0 Å². The third-order valence-electron chi connectivity index (χ3n) is 4.58. The Morgan fingerprint density at radius 1 is 0.970 bits per heavy atom. The van der Waals surface area contributed by atoms with Crippen LogP contribution in [-0.4, -0.2) is 56.3 Å². The molecule has 0 bridgehead atoms. The van der Waals surface area contributed by atoms with Gasteiger partial charge in [-0.2, -0.15) is 0 Å². The van der Waals surface area contributed by atoms with E-state index >= 15 is 0 Å². The Hall–Kier alpha value is -2.32. The number of aliphatic hydroxyl groups excluding tert-OH is 1. The summed E-state index contributed by atoms with van der Waals surface area (Å²) >= 11 is 1.21. The van der Waals surface area contributed by atoms with Crippen LogP contribution in [0.25, 0.3) is 0 Å². The second kappa shape index (κ2) is 20.3. The van der Waals surface area contributed by atoms with Gasteiger partial charge in [0.05, 0.1) is 6.10 Å². The van der Waals surface area contributed by atoms with Crippen molar-refractivity contribution in [3.63, 3.8) is 0 Å². The van der Waals surface area contributed by atoms with Gasteiger partial charge in [-0.05, 0) is 32.1 Å². The summed E-state index contributed by atoms with van der Waals surface area (Å²) in [5, 5.41) is 30.5. The number of carbonyl (C=O) groups is 3. The molecule has 0 heterocycles. The molecule has 0 fully saturated rings. The fraction of sp³-hybridized carbons (Fsp3) is 0.560. The lowest BCUT2D eigenvalue weighted by Gasteiger charge is -2.21. The summed E-state index contributed by atoms with van der Waals surface area (Å²) in [6.07, 6.45) is 20.9. The highest BCUT2D eigenvalue weighted by molar-refractivity contribution is 8.00. The number of carboxylic acids is 2. The molecule has 1 amide bonds. The Morgan fingerprint density at radius 3 is 2.33 bits per heavy atom. The Kier molecular flexibility index (Phi) is 18.9. The van der Waals surface area contributed by atoms with Gasteiger partial charge in [0.2, 0.25) is 5.91 Å². The van der Waals surface area contributed by atoms with Crippen LogP contribution >= 0.6 is 11.8 Å². The summed E-state index contributed by atoms with van der Waals surface area (Å²) < 4.78 is 0. The smallest absolute Gasteiger partial charge is 0.327 e. The summed E-state index contributed by atoms with van der Waals surface area (Å²) in [6.45, 7) is 3.44. The maximum Gasteiger partial charge on any atom is 0.327 e. The zero-order valence-electron chi connectivity index (χ0n) is 19.7. The number of nitrogens with one attached hydrogen (secondary N) is 1. The van der Waals surface area contributed by atoms with Crippen LogP contribution in [0.5, 0.6) is 0 Å². The van der Waals surface area contributed by atoms with Crippen LogP contribution in [-0.2, 0) is 14.4 Å². The lowest BCUT2D eigenvalue weighted by molar-refractivity contribution is -0.140. The average molecular weight is 482 g/mol. The van der Waals surface area contributed by atoms with Gasteiger partial charge in [0.1, 0.15) is 6.04 Å². The minimum atomic E-state index is -1.15. The van der Waals surface area contributed by atoms with E-state index in [9.17, 15) is 24.6 Å². The number of amides is 1. The number of aliphatic carboxylic acids is 2. The summed E-state index contributed by atoms with van der Waals surface area (Å²) in [7, 11) is 0. The molecule has 0 spiro atoms. The van der Waals surface area contributed by atoms with Crippen molar-refractivity contribution in [1.82, 2.24) is 5.32 Å². The van der Waals surface area contributed by atoms with E-state index in [0.717, 1.165) is 12.8 Å². The Bertz CT molecular complexity index is 686. The molecule has 7 nitrogen and oxygen atoms in total. The van der Waals surface area contributed by atoms with Gasteiger partial charge in [-0.15, -0.1) is 11.8 Å². The molecule has 0 unspecified atom stereocenters. The van der Waals surface area contributed by atoms with Gasteiger partial charge >= 0.3 is 11.9 Å². The summed E-state index contributed by atoms with van der Waals surface area (Å²) in [6, 6.07) is -1.07. The molecule has 4 N–H and O–H groups in total. The van der Waals surface area contributed by atoms with Crippen molar-refractivity contribution in [3.8, 4) is 0 Å². The van der Waals surface area contributed by atoms with Crippen LogP contribution in [0, 0.1) is 0 Å². The van der Waals surface area contributed by atoms with Crippen molar-refractivity contribution in [3.05, 3.63) is 48.6 Å². The second-order valence-electron chi connectivity index (χ2n) is 7.64. The molecule has 0 aliphatic rings. The Labute approximate surface area is 201 Å². The number of rotatable bonds is 19. The summed E-state index contributed by atoms with van der Waals surface area (Å²) in [4.78, 5) is 33.3. The SMILES string of the molecule is CCCCC/C=C\C\C=C/C=C/C=C/[C@@H](SC[C@H](NC(C)=O)C(=O)O)[C@@H](O)CCCC(=O)O. The molecule has 0 aromatic heterocycles. The predicted octanol–water partition coefficient (Wildman–Crippen LogP) is 4.49. The van der Waals surface area contributed by atoms with Gasteiger partial charge in [-0.25, -0.2) is 4.79 Å². The monoisotopic (exact) mass is 481 g/mol.